The Kier molecular flexibility index (Phi) is 6.90. The van der Waals surface area contributed by atoms with Crippen molar-refractivity contribution in [3.63, 3.8) is 0 Å². The molecule has 0 heterocycles. The third kappa shape index (κ3) is 4.95. The van der Waals surface area contributed by atoms with Gasteiger partial charge in [0.2, 0.25) is 10.0 Å². The Morgan fingerprint density at radius 2 is 1.79 bits per heavy atom. The summed E-state index contributed by atoms with van der Waals surface area (Å²) < 4.78 is 35.2. The maximum Gasteiger partial charge on any atom is 0.251 e. The van der Waals surface area contributed by atoms with E-state index < -0.39 is 10.0 Å². The quantitative estimate of drug-likeness (QED) is 0.728. The minimum absolute atomic E-state index is 0.233. The van der Waals surface area contributed by atoms with Crippen molar-refractivity contribution < 1.29 is 22.7 Å². The summed E-state index contributed by atoms with van der Waals surface area (Å²) in [5, 5.41) is 2.99. The lowest BCUT2D eigenvalue weighted by atomic mass is 10.0. The molecule has 152 valence electrons. The van der Waals surface area contributed by atoms with E-state index in [4.69, 9.17) is 9.47 Å². The van der Waals surface area contributed by atoms with E-state index in [2.05, 4.69) is 5.32 Å². The van der Waals surface area contributed by atoms with Crippen molar-refractivity contribution in [2.75, 3.05) is 31.8 Å². The molecule has 7 nitrogen and oxygen atoms in total. The van der Waals surface area contributed by atoms with Crippen LogP contribution in [0.15, 0.2) is 42.5 Å². The molecule has 1 unspecified atom stereocenters. The van der Waals surface area contributed by atoms with Gasteiger partial charge in [-0.3, -0.25) is 9.10 Å². The van der Waals surface area contributed by atoms with Gasteiger partial charge in [-0.05, 0) is 42.3 Å². The summed E-state index contributed by atoms with van der Waals surface area (Å²) in [7, 11) is 1.17. The number of benzene rings is 2. The van der Waals surface area contributed by atoms with Crippen LogP contribution in [0, 0.1) is 0 Å². The Hall–Kier alpha value is -2.74. The highest BCUT2D eigenvalue weighted by molar-refractivity contribution is 7.92. The summed E-state index contributed by atoms with van der Waals surface area (Å²) in [5.41, 5.74) is 1.69. The maximum atomic E-state index is 12.8. The zero-order valence-corrected chi connectivity index (χ0v) is 17.5. The van der Waals surface area contributed by atoms with Gasteiger partial charge in [-0.2, -0.15) is 0 Å². The van der Waals surface area contributed by atoms with Crippen LogP contribution in [-0.2, 0) is 10.0 Å². The van der Waals surface area contributed by atoms with Crippen molar-refractivity contribution in [1.29, 1.82) is 0 Å². The first-order valence-electron chi connectivity index (χ1n) is 8.78. The fraction of sp³-hybridized carbons (Fsp3) is 0.350. The number of rotatable bonds is 8. The number of amides is 1. The van der Waals surface area contributed by atoms with Gasteiger partial charge in [0.15, 0.2) is 11.5 Å². The van der Waals surface area contributed by atoms with Crippen molar-refractivity contribution in [1.82, 2.24) is 5.32 Å². The standard InChI is InChI=1S/C20H26N2O5S/c1-6-17(14-10-11-18(26-3)19(13-14)27-4)21-20(23)15-8-7-9-16(12-15)22(2)28(5,24)25/h7-13,17H,6H2,1-5H3,(H,21,23). The number of ether oxygens (including phenoxy) is 2. The van der Waals surface area contributed by atoms with Gasteiger partial charge < -0.3 is 14.8 Å². The molecule has 0 saturated heterocycles. The number of nitrogens with one attached hydrogen (secondary N) is 1. The van der Waals surface area contributed by atoms with Crippen LogP contribution in [0.5, 0.6) is 11.5 Å². The van der Waals surface area contributed by atoms with E-state index >= 15 is 0 Å². The number of hydrogen-bond donors (Lipinski definition) is 1. The highest BCUT2D eigenvalue weighted by atomic mass is 32.2. The number of sulfonamides is 1. The molecule has 2 aromatic carbocycles. The molecule has 0 fully saturated rings. The van der Waals surface area contributed by atoms with Crippen LogP contribution in [0.3, 0.4) is 0 Å². The summed E-state index contributed by atoms with van der Waals surface area (Å²) >= 11 is 0. The first-order valence-corrected chi connectivity index (χ1v) is 10.6. The number of hydrogen-bond acceptors (Lipinski definition) is 5. The van der Waals surface area contributed by atoms with E-state index in [0.717, 1.165) is 16.1 Å². The van der Waals surface area contributed by atoms with Gasteiger partial charge in [-0.15, -0.1) is 0 Å². The molecule has 8 heteroatoms. The van der Waals surface area contributed by atoms with Crippen LogP contribution >= 0.6 is 0 Å². The molecule has 0 radical (unpaired) electrons. The van der Waals surface area contributed by atoms with Crippen LogP contribution in [0.25, 0.3) is 0 Å². The third-order valence-electron chi connectivity index (χ3n) is 4.49. The predicted octanol–water partition coefficient (Wildman–Crippen LogP) is 2.98. The molecule has 0 saturated carbocycles. The summed E-state index contributed by atoms with van der Waals surface area (Å²) in [5.74, 6) is 0.916. The largest absolute Gasteiger partial charge is 0.493 e. The van der Waals surface area contributed by atoms with Gasteiger partial charge in [0, 0.05) is 12.6 Å². The zero-order valence-electron chi connectivity index (χ0n) is 16.7. The highest BCUT2D eigenvalue weighted by Gasteiger charge is 2.18. The summed E-state index contributed by atoms with van der Waals surface area (Å²) in [4.78, 5) is 12.8. The number of methoxy groups -OCH3 is 2. The average Bonchev–Trinajstić information content (AvgIpc) is 2.70. The molecular weight excluding hydrogens is 380 g/mol. The van der Waals surface area contributed by atoms with Gasteiger partial charge >= 0.3 is 0 Å². The normalized spacial score (nSPS) is 12.2. The molecule has 1 atom stereocenters. The van der Waals surface area contributed by atoms with E-state index in [-0.39, 0.29) is 11.9 Å². The first kappa shape index (κ1) is 21.6. The minimum atomic E-state index is -3.41. The lowest BCUT2D eigenvalue weighted by Gasteiger charge is -2.20. The number of nitrogens with zero attached hydrogens (tertiary/aromatic N) is 1. The van der Waals surface area contributed by atoms with E-state index in [1.54, 1.807) is 44.6 Å². The van der Waals surface area contributed by atoms with Crippen LogP contribution in [0.1, 0.15) is 35.3 Å². The second-order valence-corrected chi connectivity index (χ2v) is 8.34. The van der Waals surface area contributed by atoms with Crippen LogP contribution in [0.4, 0.5) is 5.69 Å². The topological polar surface area (TPSA) is 84.9 Å². The van der Waals surface area contributed by atoms with E-state index in [9.17, 15) is 13.2 Å². The number of carbonyl (C=O) groups is 1. The molecule has 0 aliphatic carbocycles. The van der Waals surface area contributed by atoms with Crippen LogP contribution in [-0.4, -0.2) is 41.8 Å². The summed E-state index contributed by atoms with van der Waals surface area (Å²) in [6.07, 6.45) is 1.79. The Balaban J connectivity index is 2.25. The second-order valence-electron chi connectivity index (χ2n) is 6.33. The molecule has 2 aromatic rings. The van der Waals surface area contributed by atoms with E-state index in [0.29, 0.717) is 29.2 Å². The molecule has 1 amide bonds. The Labute approximate surface area is 166 Å². The molecular formula is C20H26N2O5S. The summed E-state index contributed by atoms with van der Waals surface area (Å²) in [6, 6.07) is 11.8. The van der Waals surface area contributed by atoms with Gasteiger partial charge in [0.25, 0.3) is 5.91 Å². The number of anilines is 1. The molecule has 0 aromatic heterocycles. The smallest absolute Gasteiger partial charge is 0.251 e. The predicted molar refractivity (Wildman–Crippen MR) is 110 cm³/mol. The van der Waals surface area contributed by atoms with Gasteiger partial charge in [0.05, 0.1) is 32.2 Å². The number of carbonyl (C=O) groups excluding carboxylic acids is 1. The van der Waals surface area contributed by atoms with Crippen LogP contribution in [0.2, 0.25) is 0 Å². The fourth-order valence-electron chi connectivity index (χ4n) is 2.77. The van der Waals surface area contributed by atoms with Crippen molar-refractivity contribution in [3.8, 4) is 11.5 Å². The molecule has 0 aliphatic rings. The third-order valence-corrected chi connectivity index (χ3v) is 5.70. The Bertz CT molecular complexity index is 943. The second kappa shape index (κ2) is 8.97. The monoisotopic (exact) mass is 406 g/mol. The summed E-state index contributed by atoms with van der Waals surface area (Å²) in [6.45, 7) is 1.97. The van der Waals surface area contributed by atoms with Crippen molar-refractivity contribution >= 4 is 21.6 Å². The minimum Gasteiger partial charge on any atom is -0.493 e. The maximum absolute atomic E-state index is 12.8. The fourth-order valence-corrected chi connectivity index (χ4v) is 3.26. The molecule has 1 N–H and O–H groups in total. The highest BCUT2D eigenvalue weighted by Crippen LogP contribution is 2.31. The van der Waals surface area contributed by atoms with Crippen LogP contribution < -0.4 is 19.1 Å². The average molecular weight is 407 g/mol. The first-order chi connectivity index (χ1) is 13.2. The van der Waals surface area contributed by atoms with E-state index in [1.807, 2.05) is 19.1 Å². The molecule has 0 aliphatic heterocycles. The van der Waals surface area contributed by atoms with E-state index in [1.165, 1.54) is 7.05 Å². The van der Waals surface area contributed by atoms with Crippen molar-refractivity contribution in [2.45, 2.75) is 19.4 Å². The van der Waals surface area contributed by atoms with Gasteiger partial charge in [-0.1, -0.05) is 19.1 Å². The Morgan fingerprint density at radius 1 is 1.11 bits per heavy atom. The molecule has 28 heavy (non-hydrogen) atoms. The SMILES string of the molecule is CCC(NC(=O)c1cccc(N(C)S(C)(=O)=O)c1)c1ccc(OC)c(OC)c1. The lowest BCUT2D eigenvalue weighted by molar-refractivity contribution is 0.0935. The lowest BCUT2D eigenvalue weighted by Crippen LogP contribution is -2.29. The Morgan fingerprint density at radius 3 is 2.36 bits per heavy atom. The van der Waals surface area contributed by atoms with Crippen molar-refractivity contribution in [3.05, 3.63) is 53.6 Å². The molecule has 0 spiro atoms. The van der Waals surface area contributed by atoms with Gasteiger partial charge in [-0.25, -0.2) is 8.42 Å². The molecule has 2 rings (SSSR count). The van der Waals surface area contributed by atoms with Gasteiger partial charge in [0.1, 0.15) is 0 Å². The molecule has 0 bridgehead atoms. The zero-order chi connectivity index (χ0) is 20.9. The van der Waals surface area contributed by atoms with Crippen molar-refractivity contribution in [2.24, 2.45) is 0 Å².